The maximum Gasteiger partial charge on any atom is 0.355 e. The smallest absolute Gasteiger partial charge is 0.355 e. The Morgan fingerprint density at radius 2 is 2.29 bits per heavy atom. The van der Waals surface area contributed by atoms with E-state index in [0.717, 1.165) is 19.5 Å². The predicted molar refractivity (Wildman–Crippen MR) is 67.9 cm³/mol. The van der Waals surface area contributed by atoms with Gasteiger partial charge in [0.2, 0.25) is 0 Å². The van der Waals surface area contributed by atoms with Gasteiger partial charge in [-0.05, 0) is 38.9 Å². The van der Waals surface area contributed by atoms with Gasteiger partial charge in [0.15, 0.2) is 10.8 Å². The summed E-state index contributed by atoms with van der Waals surface area (Å²) in [6.07, 6.45) is 3.71. The van der Waals surface area contributed by atoms with Crippen molar-refractivity contribution < 1.29 is 9.90 Å². The van der Waals surface area contributed by atoms with Crippen LogP contribution in [-0.4, -0.2) is 47.1 Å². The van der Waals surface area contributed by atoms with Gasteiger partial charge in [-0.2, -0.15) is 0 Å². The Kier molecular flexibility index (Phi) is 4.33. The van der Waals surface area contributed by atoms with Crippen LogP contribution < -0.4 is 5.32 Å². The third kappa shape index (κ3) is 3.67. The first-order valence-electron chi connectivity index (χ1n) is 5.91. The number of thiazole rings is 1. The molecule has 0 amide bonds. The first-order chi connectivity index (χ1) is 8.25. The van der Waals surface area contributed by atoms with Crippen molar-refractivity contribution >= 4 is 22.4 Å². The van der Waals surface area contributed by atoms with Crippen molar-refractivity contribution in [1.29, 1.82) is 0 Å². The second-order valence-electron chi connectivity index (χ2n) is 4.17. The van der Waals surface area contributed by atoms with Gasteiger partial charge < -0.3 is 15.3 Å². The molecule has 0 bridgehead atoms. The Morgan fingerprint density at radius 3 is 2.94 bits per heavy atom. The molecule has 1 aromatic heterocycles. The zero-order chi connectivity index (χ0) is 12.1. The highest BCUT2D eigenvalue weighted by Crippen LogP contribution is 2.15. The number of anilines is 1. The van der Waals surface area contributed by atoms with Gasteiger partial charge in [0, 0.05) is 11.9 Å². The number of nitrogens with one attached hydrogen (secondary N) is 1. The fourth-order valence-electron chi connectivity index (χ4n) is 1.96. The molecule has 1 aliphatic rings. The zero-order valence-corrected chi connectivity index (χ0v) is 10.5. The van der Waals surface area contributed by atoms with Gasteiger partial charge >= 0.3 is 5.97 Å². The summed E-state index contributed by atoms with van der Waals surface area (Å²) in [5, 5.41) is 14.1. The van der Waals surface area contributed by atoms with Crippen LogP contribution in [0.1, 0.15) is 29.8 Å². The molecule has 6 heteroatoms. The molecule has 0 aromatic carbocycles. The molecule has 1 saturated heterocycles. The molecule has 17 heavy (non-hydrogen) atoms. The summed E-state index contributed by atoms with van der Waals surface area (Å²) in [5.41, 5.74) is 0.122. The highest BCUT2D eigenvalue weighted by molar-refractivity contribution is 7.13. The maximum absolute atomic E-state index is 10.6. The molecule has 2 rings (SSSR count). The molecule has 0 unspecified atom stereocenters. The number of carboxylic acids is 1. The van der Waals surface area contributed by atoms with Crippen LogP contribution in [0, 0.1) is 0 Å². The monoisotopic (exact) mass is 255 g/mol. The summed E-state index contributed by atoms with van der Waals surface area (Å²) in [6, 6.07) is 0. The Hall–Kier alpha value is -1.14. The van der Waals surface area contributed by atoms with Gasteiger partial charge in [-0.3, -0.25) is 0 Å². The van der Waals surface area contributed by atoms with E-state index in [1.165, 1.54) is 37.3 Å². The number of hydrogen-bond acceptors (Lipinski definition) is 5. The van der Waals surface area contributed by atoms with Gasteiger partial charge in [-0.15, -0.1) is 11.3 Å². The predicted octanol–water partition coefficient (Wildman–Crippen LogP) is 1.74. The van der Waals surface area contributed by atoms with Crippen molar-refractivity contribution in [2.24, 2.45) is 0 Å². The Labute approximate surface area is 104 Å². The molecule has 94 valence electrons. The molecule has 0 radical (unpaired) electrons. The minimum atomic E-state index is -0.966. The number of carbonyl (C=O) groups is 1. The van der Waals surface area contributed by atoms with Crippen LogP contribution in [0.4, 0.5) is 5.13 Å². The molecule has 0 saturated carbocycles. The Balaban J connectivity index is 1.65. The molecule has 0 aliphatic carbocycles. The fourth-order valence-corrected chi connectivity index (χ4v) is 2.67. The molecule has 1 fully saturated rings. The van der Waals surface area contributed by atoms with Crippen LogP contribution in [0.15, 0.2) is 5.38 Å². The summed E-state index contributed by atoms with van der Waals surface area (Å²) < 4.78 is 0. The van der Waals surface area contributed by atoms with Crippen molar-refractivity contribution in [3.8, 4) is 0 Å². The van der Waals surface area contributed by atoms with E-state index in [2.05, 4.69) is 15.2 Å². The lowest BCUT2D eigenvalue weighted by molar-refractivity contribution is 0.0691. The van der Waals surface area contributed by atoms with Crippen LogP contribution in [-0.2, 0) is 0 Å². The number of hydrogen-bond donors (Lipinski definition) is 2. The molecular formula is C11H17N3O2S. The molecule has 1 aliphatic heterocycles. The minimum absolute atomic E-state index is 0.122. The van der Waals surface area contributed by atoms with E-state index >= 15 is 0 Å². The normalized spacial score (nSPS) is 16.2. The number of nitrogens with zero attached hydrogens (tertiary/aromatic N) is 2. The average Bonchev–Trinajstić information content (AvgIpc) is 2.96. The molecule has 0 spiro atoms. The van der Waals surface area contributed by atoms with Crippen LogP contribution in [0.3, 0.4) is 0 Å². The second kappa shape index (κ2) is 5.97. The molecular weight excluding hydrogens is 238 g/mol. The number of aromatic nitrogens is 1. The van der Waals surface area contributed by atoms with Crippen molar-refractivity contribution in [2.75, 3.05) is 31.5 Å². The van der Waals surface area contributed by atoms with E-state index in [0.29, 0.717) is 5.13 Å². The largest absolute Gasteiger partial charge is 0.476 e. The van der Waals surface area contributed by atoms with E-state index in [9.17, 15) is 4.79 Å². The lowest BCUT2D eigenvalue weighted by Gasteiger charge is -2.13. The molecule has 0 atom stereocenters. The second-order valence-corrected chi connectivity index (χ2v) is 5.03. The minimum Gasteiger partial charge on any atom is -0.476 e. The van der Waals surface area contributed by atoms with E-state index in [-0.39, 0.29) is 5.69 Å². The third-order valence-electron chi connectivity index (χ3n) is 2.85. The highest BCUT2D eigenvalue weighted by atomic mass is 32.1. The number of likely N-dealkylation sites (tertiary alicyclic amines) is 1. The fraction of sp³-hybridized carbons (Fsp3) is 0.636. The molecule has 1 aromatic rings. The number of rotatable bonds is 6. The van der Waals surface area contributed by atoms with Crippen molar-refractivity contribution in [3.63, 3.8) is 0 Å². The van der Waals surface area contributed by atoms with Gasteiger partial charge in [-0.1, -0.05) is 0 Å². The number of aromatic carboxylic acids is 1. The third-order valence-corrected chi connectivity index (χ3v) is 3.65. The number of carboxylic acid groups (broad SMARTS) is 1. The summed E-state index contributed by atoms with van der Waals surface area (Å²) in [6.45, 7) is 4.41. The lowest BCUT2D eigenvalue weighted by atomic mass is 10.4. The zero-order valence-electron chi connectivity index (χ0n) is 9.69. The van der Waals surface area contributed by atoms with E-state index in [1.54, 1.807) is 5.38 Å². The van der Waals surface area contributed by atoms with Crippen LogP contribution >= 0.6 is 11.3 Å². The molecule has 2 N–H and O–H groups in total. The van der Waals surface area contributed by atoms with E-state index in [1.807, 2.05) is 0 Å². The highest BCUT2D eigenvalue weighted by Gasteiger charge is 2.11. The first-order valence-corrected chi connectivity index (χ1v) is 6.79. The lowest BCUT2D eigenvalue weighted by Crippen LogP contribution is -2.22. The SMILES string of the molecule is O=C(O)c1csc(NCCCN2CCCC2)n1. The summed E-state index contributed by atoms with van der Waals surface area (Å²) in [4.78, 5) is 17.1. The van der Waals surface area contributed by atoms with Crippen LogP contribution in [0.5, 0.6) is 0 Å². The summed E-state index contributed by atoms with van der Waals surface area (Å²) in [5.74, 6) is -0.966. The standard InChI is InChI=1S/C11H17N3O2S/c15-10(16)9-8-17-11(13-9)12-4-3-7-14-5-1-2-6-14/h8H,1-7H2,(H,12,13)(H,15,16). The Bertz CT molecular complexity index is 375. The van der Waals surface area contributed by atoms with Crippen LogP contribution in [0.2, 0.25) is 0 Å². The summed E-state index contributed by atoms with van der Waals surface area (Å²) >= 11 is 1.34. The van der Waals surface area contributed by atoms with Gasteiger partial charge in [0.05, 0.1) is 0 Å². The van der Waals surface area contributed by atoms with Gasteiger partial charge in [0.1, 0.15) is 0 Å². The van der Waals surface area contributed by atoms with Gasteiger partial charge in [0.25, 0.3) is 0 Å². The van der Waals surface area contributed by atoms with Crippen molar-refractivity contribution in [1.82, 2.24) is 9.88 Å². The maximum atomic E-state index is 10.6. The summed E-state index contributed by atoms with van der Waals surface area (Å²) in [7, 11) is 0. The molecule has 5 nitrogen and oxygen atoms in total. The van der Waals surface area contributed by atoms with E-state index < -0.39 is 5.97 Å². The topological polar surface area (TPSA) is 65.5 Å². The first kappa shape index (κ1) is 12.3. The Morgan fingerprint density at radius 1 is 1.53 bits per heavy atom. The van der Waals surface area contributed by atoms with Gasteiger partial charge in [-0.25, -0.2) is 9.78 Å². The van der Waals surface area contributed by atoms with Crippen molar-refractivity contribution in [3.05, 3.63) is 11.1 Å². The van der Waals surface area contributed by atoms with Crippen LogP contribution in [0.25, 0.3) is 0 Å². The quantitative estimate of drug-likeness (QED) is 0.758. The average molecular weight is 255 g/mol. The molecule has 2 heterocycles. The van der Waals surface area contributed by atoms with E-state index in [4.69, 9.17) is 5.11 Å². The van der Waals surface area contributed by atoms with Crippen molar-refractivity contribution in [2.45, 2.75) is 19.3 Å².